The Bertz CT molecular complexity index is 4530. The molecule has 0 saturated heterocycles. The van der Waals surface area contributed by atoms with E-state index in [0.29, 0.717) is 26.1 Å². The smallest absolute Gasteiger partial charge is 0.165 e. The molecule has 12 aromatic rings. The summed E-state index contributed by atoms with van der Waals surface area (Å²) < 4.78 is 148. The molecule has 0 amide bonds. The molecule has 0 aliphatic heterocycles. The Hall–Kier alpha value is -7.99. The molecule has 0 saturated carbocycles. The van der Waals surface area contributed by atoms with E-state index in [1.807, 2.05) is 72.8 Å². The molecule has 4 nitrogen and oxygen atoms in total. The van der Waals surface area contributed by atoms with Crippen LogP contribution in [0, 0.1) is 0 Å². The number of hydrogen-bond donors (Lipinski definition) is 0. The van der Waals surface area contributed by atoms with E-state index >= 15 is 0 Å². The first kappa shape index (κ1) is 23.1. The number of benzene rings is 9. The molecule has 3 aromatic heterocycles. The van der Waals surface area contributed by atoms with E-state index in [1.54, 1.807) is 30.3 Å². The van der Waals surface area contributed by atoms with Crippen molar-refractivity contribution in [2.75, 3.05) is 0 Å². The molecule has 0 N–H and O–H groups in total. The molecule has 0 spiro atoms. The minimum atomic E-state index is -0.573. The van der Waals surface area contributed by atoms with Crippen molar-refractivity contribution in [3.8, 4) is 78.7 Å². The molecule has 12 rings (SSSR count). The van der Waals surface area contributed by atoms with E-state index in [-0.39, 0.29) is 84.9 Å². The zero-order valence-electron chi connectivity index (χ0n) is 48.1. The standard InChI is InChI=1S/C57H35N3OS/c1-4-14-36(15-5-1)38-28-30-40(31-29-38)55-58-56(60-57(59-55)49-26-12-25-47-46-24-11-23-45(53(46)62-54(47)49)39-18-8-3-9-19-39)43-32-33-48-51(35-43)61-50-27-13-22-44(52(48)50)42-21-10-20-41(34-42)37-16-6-2-7-17-37/h1-35H/i2D,3D,6D,7D,8D,9D,13D,16D,17D,18D,19D,22D,27D,32D,33D,35D. The van der Waals surface area contributed by atoms with Crippen molar-refractivity contribution in [3.63, 3.8) is 0 Å². The van der Waals surface area contributed by atoms with E-state index in [1.165, 1.54) is 23.5 Å². The average molecular weight is 826 g/mol. The molecule has 0 fully saturated rings. The Morgan fingerprint density at radius 2 is 0.984 bits per heavy atom. The van der Waals surface area contributed by atoms with Crippen molar-refractivity contribution in [2.24, 2.45) is 0 Å². The summed E-state index contributed by atoms with van der Waals surface area (Å²) in [6.45, 7) is 0. The number of thiophene rings is 1. The van der Waals surface area contributed by atoms with Crippen molar-refractivity contribution < 1.29 is 26.3 Å². The molecule has 3 heterocycles. The summed E-state index contributed by atoms with van der Waals surface area (Å²) in [5.41, 5.74) is 2.97. The van der Waals surface area contributed by atoms with Gasteiger partial charge in [-0.2, -0.15) is 0 Å². The lowest BCUT2D eigenvalue weighted by molar-refractivity contribution is 0.669. The van der Waals surface area contributed by atoms with Gasteiger partial charge in [0.2, 0.25) is 0 Å². The van der Waals surface area contributed by atoms with Crippen molar-refractivity contribution in [2.45, 2.75) is 0 Å². The SMILES string of the molecule is [2H]c1c([2H])c([2H])c(-c2cccc(-c3c([2H])c([2H])c([2H])c4oc5c([2H])c(-c6nc(-c7ccc(-c8ccccc8)cc7)nc(-c7cccc8c7sc7c(-c9c([2H])c([2H])c([2H])c([2H])c9[2H])cccc78)n6)c([2H])c([2H])c5c34)c2)c([2H])c1[2H]. The van der Waals surface area contributed by atoms with Gasteiger partial charge in [0.15, 0.2) is 17.5 Å². The molecular weight excluding hydrogens is 775 g/mol. The Labute approximate surface area is 384 Å². The van der Waals surface area contributed by atoms with Crippen LogP contribution in [0.4, 0.5) is 0 Å². The highest BCUT2D eigenvalue weighted by Gasteiger charge is 2.20. The van der Waals surface area contributed by atoms with Gasteiger partial charge >= 0.3 is 0 Å². The fourth-order valence-electron chi connectivity index (χ4n) is 7.76. The molecule has 62 heavy (non-hydrogen) atoms. The average Bonchev–Trinajstić information content (AvgIpc) is 4.27. The van der Waals surface area contributed by atoms with Crippen molar-refractivity contribution >= 4 is 53.4 Å². The minimum absolute atomic E-state index is 0.00569. The quantitative estimate of drug-likeness (QED) is 0.161. The molecule has 0 atom stereocenters. The molecule has 0 aliphatic rings. The van der Waals surface area contributed by atoms with Crippen molar-refractivity contribution in [1.29, 1.82) is 0 Å². The van der Waals surface area contributed by atoms with Crippen molar-refractivity contribution in [1.82, 2.24) is 15.0 Å². The maximum atomic E-state index is 9.80. The molecule has 0 radical (unpaired) electrons. The van der Waals surface area contributed by atoms with Crippen LogP contribution in [-0.4, -0.2) is 15.0 Å². The molecule has 0 bridgehead atoms. The van der Waals surface area contributed by atoms with Crippen LogP contribution >= 0.6 is 11.3 Å². The molecule has 5 heteroatoms. The van der Waals surface area contributed by atoms with Gasteiger partial charge in [0.1, 0.15) is 11.2 Å². The number of aromatic nitrogens is 3. The van der Waals surface area contributed by atoms with Gasteiger partial charge in [0, 0.05) is 47.6 Å². The number of rotatable bonds is 7. The summed E-state index contributed by atoms with van der Waals surface area (Å²) in [7, 11) is 0. The van der Waals surface area contributed by atoms with E-state index in [4.69, 9.17) is 35.8 Å². The lowest BCUT2D eigenvalue weighted by Gasteiger charge is -2.10. The fraction of sp³-hybridized carbons (Fsp3) is 0. The number of nitrogens with zero attached hydrogens (tertiary/aromatic N) is 3. The largest absolute Gasteiger partial charge is 0.456 e. The number of fused-ring (bicyclic) bond motifs is 6. The van der Waals surface area contributed by atoms with Crippen LogP contribution in [0.25, 0.3) is 121 Å². The third-order valence-electron chi connectivity index (χ3n) is 10.7. The van der Waals surface area contributed by atoms with E-state index in [9.17, 15) is 5.48 Å². The number of hydrogen-bond acceptors (Lipinski definition) is 5. The first-order valence-electron chi connectivity index (χ1n) is 27.4. The lowest BCUT2D eigenvalue weighted by Crippen LogP contribution is -2.00. The first-order chi connectivity index (χ1) is 37.4. The van der Waals surface area contributed by atoms with Gasteiger partial charge in [-0.1, -0.05) is 182 Å². The summed E-state index contributed by atoms with van der Waals surface area (Å²) in [6, 6.07) is 26.6. The van der Waals surface area contributed by atoms with Crippen LogP contribution in [0.5, 0.6) is 0 Å². The highest BCUT2D eigenvalue weighted by Crippen LogP contribution is 2.44. The second kappa shape index (κ2) is 14.9. The zero-order chi connectivity index (χ0) is 54.9. The van der Waals surface area contributed by atoms with Gasteiger partial charge in [-0.3, -0.25) is 0 Å². The van der Waals surface area contributed by atoms with E-state index in [2.05, 4.69) is 0 Å². The third kappa shape index (κ3) is 6.26. The minimum Gasteiger partial charge on any atom is -0.456 e. The summed E-state index contributed by atoms with van der Waals surface area (Å²) in [5.74, 6) is 0.0898. The monoisotopic (exact) mass is 825 g/mol. The van der Waals surface area contributed by atoms with Gasteiger partial charge in [0.05, 0.1) is 21.9 Å². The van der Waals surface area contributed by atoms with Gasteiger partial charge < -0.3 is 4.42 Å². The second-order valence-electron chi connectivity index (χ2n) is 14.3. The summed E-state index contributed by atoms with van der Waals surface area (Å²) in [5, 5.41) is 1.37. The zero-order valence-corrected chi connectivity index (χ0v) is 32.9. The topological polar surface area (TPSA) is 51.8 Å². The normalized spacial score (nSPS) is 15.2. The van der Waals surface area contributed by atoms with Crippen LogP contribution in [0.3, 0.4) is 0 Å². The van der Waals surface area contributed by atoms with Crippen LogP contribution in [0.2, 0.25) is 0 Å². The molecule has 9 aromatic carbocycles. The molecule has 290 valence electrons. The Morgan fingerprint density at radius 1 is 0.371 bits per heavy atom. The van der Waals surface area contributed by atoms with Crippen LogP contribution in [0.15, 0.2) is 216 Å². The van der Waals surface area contributed by atoms with E-state index in [0.717, 1.165) is 21.9 Å². The van der Waals surface area contributed by atoms with E-state index < -0.39 is 84.6 Å². The van der Waals surface area contributed by atoms with Gasteiger partial charge in [0.25, 0.3) is 0 Å². The maximum absolute atomic E-state index is 9.80. The van der Waals surface area contributed by atoms with Gasteiger partial charge in [-0.05, 0) is 74.8 Å². The fourth-order valence-corrected chi connectivity index (χ4v) is 9.09. The highest BCUT2D eigenvalue weighted by molar-refractivity contribution is 7.26. The molecule has 0 aliphatic carbocycles. The van der Waals surface area contributed by atoms with Crippen LogP contribution in [-0.2, 0) is 0 Å². The summed E-state index contributed by atoms with van der Waals surface area (Å²) in [6.07, 6.45) is 0. The predicted molar refractivity (Wildman–Crippen MR) is 258 cm³/mol. The lowest BCUT2D eigenvalue weighted by atomic mass is 9.96. The second-order valence-corrected chi connectivity index (χ2v) is 15.3. The Kier molecular flexibility index (Phi) is 5.57. The highest BCUT2D eigenvalue weighted by atomic mass is 32.1. The van der Waals surface area contributed by atoms with Crippen LogP contribution in [0.1, 0.15) is 21.9 Å². The first-order valence-corrected chi connectivity index (χ1v) is 20.3. The molecule has 0 unspecified atom stereocenters. The number of furan rings is 1. The Balaban J connectivity index is 1.09. The van der Waals surface area contributed by atoms with Gasteiger partial charge in [-0.25, -0.2) is 15.0 Å². The third-order valence-corrected chi connectivity index (χ3v) is 11.9. The predicted octanol–water partition coefficient (Wildman–Crippen LogP) is 15.8. The summed E-state index contributed by atoms with van der Waals surface area (Å²) >= 11 is 1.31. The maximum Gasteiger partial charge on any atom is 0.165 e. The van der Waals surface area contributed by atoms with Crippen molar-refractivity contribution in [3.05, 3.63) is 212 Å². The van der Waals surface area contributed by atoms with Gasteiger partial charge in [-0.15, -0.1) is 11.3 Å². The van der Waals surface area contributed by atoms with Crippen LogP contribution < -0.4 is 0 Å². The summed E-state index contributed by atoms with van der Waals surface area (Å²) in [4.78, 5) is 14.9. The Morgan fingerprint density at radius 3 is 1.76 bits per heavy atom. The molecular formula is C57H35N3OS.